The van der Waals surface area contributed by atoms with Gasteiger partial charge in [0.05, 0.1) is 49.4 Å². The number of nitrogens with one attached hydrogen (secondary N) is 1. The van der Waals surface area contributed by atoms with E-state index in [0.29, 0.717) is 15.3 Å². The third kappa shape index (κ3) is 14.4. The van der Waals surface area contributed by atoms with Crippen molar-refractivity contribution in [2.24, 2.45) is 0 Å². The molecule has 6 aromatic rings. The van der Waals surface area contributed by atoms with Crippen LogP contribution in [0.15, 0.2) is 136 Å². The molecule has 0 atom stereocenters. The summed E-state index contributed by atoms with van der Waals surface area (Å²) in [5.74, 6) is -2.53. The molecule has 0 unspecified atom stereocenters. The molecule has 0 radical (unpaired) electrons. The van der Waals surface area contributed by atoms with Crippen molar-refractivity contribution < 1.29 is 44.8 Å². The van der Waals surface area contributed by atoms with Crippen molar-refractivity contribution in [1.29, 1.82) is 0 Å². The Kier molecular flexibility index (Phi) is 18.9. The molecule has 0 saturated carbocycles. The Labute approximate surface area is 414 Å². The van der Waals surface area contributed by atoms with E-state index in [4.69, 9.17) is 27.9 Å². The molecule has 0 aliphatic rings. The maximum absolute atomic E-state index is 14.1. The molecule has 0 fully saturated rings. The maximum Gasteiger partial charge on any atom is 0.280 e. The molecule has 4 aromatic carbocycles. The Morgan fingerprint density at radius 2 is 1.18 bits per heavy atom. The number of nitrogens with zero attached hydrogens (tertiary/aromatic N) is 4. The number of sulfonamides is 2. The lowest BCUT2D eigenvalue weighted by molar-refractivity contribution is -0.0759. The van der Waals surface area contributed by atoms with Crippen molar-refractivity contribution in [3.8, 4) is 0 Å². The van der Waals surface area contributed by atoms with E-state index in [1.165, 1.54) is 94.3 Å². The lowest BCUT2D eigenvalue weighted by Gasteiger charge is -2.25. The van der Waals surface area contributed by atoms with Crippen LogP contribution in [0.3, 0.4) is 0 Å². The molecule has 362 valence electrons. The van der Waals surface area contributed by atoms with Crippen LogP contribution in [0, 0.1) is 11.6 Å². The monoisotopic (exact) mass is 1080 g/mol. The SMILES string of the molecule is CC(C)(C)c1ccc(S(=O)(=O)Nc2cc(Cl)cnc2C(=O)c2ccccc2F)cc1.COCN(c1cc(Cl)cnc1Br)S(=O)(=O)c1ccc(C(C)(C)C)cc1.CON(C)C(=O)c1ccccc1F. The largest absolute Gasteiger partial charge is 0.363 e. The Morgan fingerprint density at radius 1 is 0.706 bits per heavy atom. The number of methoxy groups -OCH3 is 1. The van der Waals surface area contributed by atoms with E-state index in [0.717, 1.165) is 26.6 Å². The zero-order valence-corrected chi connectivity index (χ0v) is 43.2. The van der Waals surface area contributed by atoms with Crippen LogP contribution in [0.2, 0.25) is 10.0 Å². The van der Waals surface area contributed by atoms with Crippen LogP contribution >= 0.6 is 39.1 Å². The second kappa shape index (κ2) is 23.3. The van der Waals surface area contributed by atoms with E-state index < -0.39 is 43.4 Å². The van der Waals surface area contributed by atoms with E-state index in [1.807, 2.05) is 32.9 Å². The van der Waals surface area contributed by atoms with Crippen LogP contribution in [-0.2, 0) is 40.5 Å². The molecule has 0 bridgehead atoms. The van der Waals surface area contributed by atoms with E-state index in [2.05, 4.69) is 56.2 Å². The number of benzene rings is 4. The number of hydrogen-bond donors (Lipinski definition) is 1. The van der Waals surface area contributed by atoms with Crippen LogP contribution in [0.25, 0.3) is 0 Å². The number of hydroxylamine groups is 2. The Balaban J connectivity index is 0.000000239. The van der Waals surface area contributed by atoms with Gasteiger partial charge in [-0.05, 0) is 98.6 Å². The van der Waals surface area contributed by atoms with Gasteiger partial charge in [-0.3, -0.25) is 19.1 Å². The number of pyridine rings is 2. The number of carbonyl (C=O) groups is 2. The third-order valence-electron chi connectivity index (χ3n) is 9.74. The predicted molar refractivity (Wildman–Crippen MR) is 264 cm³/mol. The molecule has 0 saturated heterocycles. The molecule has 1 N–H and O–H groups in total. The summed E-state index contributed by atoms with van der Waals surface area (Å²) in [5.41, 5.74) is 1.55. The number of aromatic nitrogens is 2. The number of ether oxygens (including phenoxy) is 1. The number of rotatable bonds is 12. The second-order valence-electron chi connectivity index (χ2n) is 16.7. The van der Waals surface area contributed by atoms with Gasteiger partial charge in [0, 0.05) is 26.6 Å². The molecule has 1 amide bonds. The Hall–Kier alpha value is -5.34. The minimum Gasteiger partial charge on any atom is -0.363 e. The summed E-state index contributed by atoms with van der Waals surface area (Å²) in [6, 6.07) is 27.2. The number of anilines is 2. The van der Waals surface area contributed by atoms with Crippen LogP contribution in [0.1, 0.15) is 79.1 Å². The highest BCUT2D eigenvalue weighted by molar-refractivity contribution is 9.10. The number of hydrogen-bond acceptors (Lipinski definition) is 10. The summed E-state index contributed by atoms with van der Waals surface area (Å²) in [4.78, 5) is 37.0. The van der Waals surface area contributed by atoms with Gasteiger partial charge >= 0.3 is 0 Å². The Morgan fingerprint density at radius 3 is 1.66 bits per heavy atom. The minimum absolute atomic E-state index is 0.00634. The van der Waals surface area contributed by atoms with E-state index in [-0.39, 0.29) is 54.9 Å². The lowest BCUT2D eigenvalue weighted by Crippen LogP contribution is -2.33. The zero-order valence-electron chi connectivity index (χ0n) is 38.5. The normalized spacial score (nSPS) is 11.6. The standard InChI is InChI=1S/C22H20ClFN2O3S.C17H20BrClN2O3S.C9H10FNO2/c1-22(2,3)14-8-10-16(11-9-14)30(28,29)26-19-12-15(23)13-25-20(19)21(27)17-6-4-5-7-18(17)24;1-17(2,3)12-5-7-14(8-6-12)25(22,23)21(11-24-4)15-9-13(19)10-20-16(15)18;1-11(13-2)9(12)7-5-3-4-6-8(7)10/h4-13,26H,1-3H3;5-10H,11H2,1-4H3;3-6H,1-2H3. The van der Waals surface area contributed by atoms with Gasteiger partial charge in [-0.25, -0.2) is 45.0 Å². The first-order valence-corrected chi connectivity index (χ1v) is 24.8. The van der Waals surface area contributed by atoms with Crippen LogP contribution < -0.4 is 9.03 Å². The first-order valence-electron chi connectivity index (χ1n) is 20.3. The molecular weight excluding hydrogens is 1030 g/mol. The molecule has 0 spiro atoms. The molecule has 2 heterocycles. The summed E-state index contributed by atoms with van der Waals surface area (Å²) < 4.78 is 88.0. The predicted octanol–water partition coefficient (Wildman–Crippen LogP) is 11.3. The Bertz CT molecular complexity index is 2960. The van der Waals surface area contributed by atoms with Crippen LogP contribution in [0.4, 0.5) is 20.2 Å². The second-order valence-corrected chi connectivity index (χ2v) is 21.9. The molecule has 68 heavy (non-hydrogen) atoms. The van der Waals surface area contributed by atoms with E-state index in [1.54, 1.807) is 30.3 Å². The average molecular weight is 1080 g/mol. The van der Waals surface area contributed by atoms with Crippen molar-refractivity contribution in [2.45, 2.75) is 62.2 Å². The first kappa shape index (κ1) is 55.3. The van der Waals surface area contributed by atoms with Gasteiger partial charge in [0.2, 0.25) is 5.78 Å². The molecular formula is C48H50BrCl2F2N5O8S2. The summed E-state index contributed by atoms with van der Waals surface area (Å²) in [7, 11) is -3.67. The van der Waals surface area contributed by atoms with Crippen molar-refractivity contribution in [2.75, 3.05) is 37.0 Å². The average Bonchev–Trinajstić information content (AvgIpc) is 3.28. The highest BCUT2D eigenvalue weighted by Crippen LogP contribution is 2.33. The number of ketones is 1. The summed E-state index contributed by atoms with van der Waals surface area (Å²) >= 11 is 15.2. The summed E-state index contributed by atoms with van der Waals surface area (Å²) in [5, 5.41) is 1.43. The van der Waals surface area contributed by atoms with Crippen LogP contribution in [-0.4, -0.2) is 71.6 Å². The van der Waals surface area contributed by atoms with Gasteiger partial charge in [0.1, 0.15) is 28.7 Å². The lowest BCUT2D eigenvalue weighted by atomic mass is 9.87. The molecule has 0 aliphatic heterocycles. The fourth-order valence-corrected chi connectivity index (χ4v) is 9.21. The van der Waals surface area contributed by atoms with Crippen molar-refractivity contribution in [3.63, 3.8) is 0 Å². The van der Waals surface area contributed by atoms with Crippen molar-refractivity contribution >= 4 is 82.2 Å². The molecule has 20 heteroatoms. The smallest absolute Gasteiger partial charge is 0.280 e. The van der Waals surface area contributed by atoms with Gasteiger partial charge in [0.15, 0.2) is 0 Å². The quantitative estimate of drug-likeness (QED) is 0.0540. The summed E-state index contributed by atoms with van der Waals surface area (Å²) in [6.07, 6.45) is 2.64. The van der Waals surface area contributed by atoms with Gasteiger partial charge in [0.25, 0.3) is 26.0 Å². The van der Waals surface area contributed by atoms with Gasteiger partial charge < -0.3 is 4.74 Å². The van der Waals surface area contributed by atoms with Gasteiger partial charge in [-0.1, -0.05) is 113 Å². The molecule has 2 aromatic heterocycles. The number of carbonyl (C=O) groups excluding carboxylic acids is 2. The van der Waals surface area contributed by atoms with E-state index in [9.17, 15) is 35.2 Å². The number of halogens is 5. The topological polar surface area (TPSA) is 165 Å². The highest BCUT2D eigenvalue weighted by atomic mass is 79.9. The van der Waals surface area contributed by atoms with Gasteiger partial charge in [-0.15, -0.1) is 0 Å². The molecule has 0 aliphatic carbocycles. The maximum atomic E-state index is 14.1. The zero-order chi connectivity index (χ0) is 50.8. The van der Waals surface area contributed by atoms with E-state index >= 15 is 0 Å². The molecule has 13 nitrogen and oxygen atoms in total. The fourth-order valence-electron chi connectivity index (χ4n) is 5.92. The third-order valence-corrected chi connectivity index (χ3v) is 13.9. The van der Waals surface area contributed by atoms with Crippen molar-refractivity contribution in [1.82, 2.24) is 15.0 Å². The van der Waals surface area contributed by atoms with Crippen molar-refractivity contribution in [3.05, 3.63) is 176 Å². The number of amides is 1. The minimum atomic E-state index is -4.04. The highest BCUT2D eigenvalue weighted by Gasteiger charge is 2.29. The first-order chi connectivity index (χ1) is 31.7. The fraction of sp³-hybridized carbons (Fsp3) is 0.250. The summed E-state index contributed by atoms with van der Waals surface area (Å²) in [6.45, 7) is 12.1. The molecule has 6 rings (SSSR count). The van der Waals surface area contributed by atoms with Crippen LogP contribution in [0.5, 0.6) is 0 Å². The van der Waals surface area contributed by atoms with Gasteiger partial charge in [-0.2, -0.15) is 0 Å².